The van der Waals surface area contributed by atoms with Crippen molar-refractivity contribution in [2.75, 3.05) is 11.9 Å². The standard InChI is InChI=1S/C21H21N3O3S/c1-14(20(26)27)22-19(25)17-10-8-15(9-11-17)12-24(2)21-23-18(13-28-21)16-6-4-3-5-7-16/h3-11,13-14H,12H2,1-2H3,(H,22,25)(H,26,27). The topological polar surface area (TPSA) is 82.5 Å². The molecular weight excluding hydrogens is 374 g/mol. The third-order valence-electron chi connectivity index (χ3n) is 4.24. The van der Waals surface area contributed by atoms with Gasteiger partial charge in [0.05, 0.1) is 5.69 Å². The second-order valence-corrected chi connectivity index (χ2v) is 7.30. The van der Waals surface area contributed by atoms with Crippen LogP contribution in [0.4, 0.5) is 5.13 Å². The fourth-order valence-electron chi connectivity index (χ4n) is 2.63. The van der Waals surface area contributed by atoms with E-state index in [0.29, 0.717) is 12.1 Å². The van der Waals surface area contributed by atoms with E-state index in [9.17, 15) is 9.59 Å². The van der Waals surface area contributed by atoms with Crippen molar-refractivity contribution in [3.8, 4) is 11.3 Å². The van der Waals surface area contributed by atoms with Crippen LogP contribution in [-0.2, 0) is 11.3 Å². The molecule has 1 atom stereocenters. The Morgan fingerprint density at radius 2 is 1.82 bits per heavy atom. The van der Waals surface area contributed by atoms with Crippen LogP contribution in [0.3, 0.4) is 0 Å². The Kier molecular flexibility index (Phi) is 6.06. The minimum absolute atomic E-state index is 0.401. The molecule has 0 fully saturated rings. The second-order valence-electron chi connectivity index (χ2n) is 6.47. The summed E-state index contributed by atoms with van der Waals surface area (Å²) < 4.78 is 0. The van der Waals surface area contributed by atoms with Crippen molar-refractivity contribution < 1.29 is 14.7 Å². The first-order valence-corrected chi connectivity index (χ1v) is 9.66. The number of nitrogens with zero attached hydrogens (tertiary/aromatic N) is 2. The van der Waals surface area contributed by atoms with Crippen LogP contribution < -0.4 is 10.2 Å². The third kappa shape index (κ3) is 4.75. The molecule has 3 rings (SSSR count). The van der Waals surface area contributed by atoms with E-state index in [-0.39, 0.29) is 0 Å². The van der Waals surface area contributed by atoms with Gasteiger partial charge in [-0.1, -0.05) is 42.5 Å². The minimum Gasteiger partial charge on any atom is -0.480 e. The molecule has 0 aliphatic heterocycles. The zero-order chi connectivity index (χ0) is 20.1. The van der Waals surface area contributed by atoms with E-state index in [1.54, 1.807) is 23.5 Å². The summed E-state index contributed by atoms with van der Waals surface area (Å²) in [6, 6.07) is 16.2. The van der Waals surface area contributed by atoms with Gasteiger partial charge in [-0.05, 0) is 24.6 Å². The van der Waals surface area contributed by atoms with Gasteiger partial charge >= 0.3 is 5.97 Å². The van der Waals surface area contributed by atoms with E-state index in [1.165, 1.54) is 6.92 Å². The lowest BCUT2D eigenvalue weighted by Gasteiger charge is -2.16. The number of carbonyl (C=O) groups excluding carboxylic acids is 1. The van der Waals surface area contributed by atoms with Crippen LogP contribution in [0.2, 0.25) is 0 Å². The molecule has 2 N–H and O–H groups in total. The average Bonchev–Trinajstić information content (AvgIpc) is 3.19. The van der Waals surface area contributed by atoms with Gasteiger partial charge in [-0.3, -0.25) is 9.59 Å². The van der Waals surface area contributed by atoms with Crippen LogP contribution in [-0.4, -0.2) is 35.1 Å². The highest BCUT2D eigenvalue weighted by molar-refractivity contribution is 7.14. The number of amides is 1. The zero-order valence-corrected chi connectivity index (χ0v) is 16.4. The number of thiazole rings is 1. The highest BCUT2D eigenvalue weighted by Crippen LogP contribution is 2.27. The first-order chi connectivity index (χ1) is 13.4. The van der Waals surface area contributed by atoms with Gasteiger partial charge < -0.3 is 15.3 Å². The number of hydrogen-bond donors (Lipinski definition) is 2. The van der Waals surface area contributed by atoms with Gasteiger partial charge in [0.2, 0.25) is 0 Å². The van der Waals surface area contributed by atoms with Crippen LogP contribution in [0.25, 0.3) is 11.3 Å². The molecule has 0 aliphatic carbocycles. The molecule has 0 saturated heterocycles. The first-order valence-electron chi connectivity index (χ1n) is 8.78. The average molecular weight is 395 g/mol. The molecule has 0 radical (unpaired) electrons. The van der Waals surface area contributed by atoms with Gasteiger partial charge in [-0.15, -0.1) is 11.3 Å². The van der Waals surface area contributed by atoms with Crippen molar-refractivity contribution >= 4 is 28.3 Å². The Bertz CT molecular complexity index is 955. The van der Waals surface area contributed by atoms with Gasteiger partial charge in [-0.25, -0.2) is 4.98 Å². The number of benzene rings is 2. The van der Waals surface area contributed by atoms with E-state index in [1.807, 2.05) is 54.9 Å². The normalized spacial score (nSPS) is 11.6. The summed E-state index contributed by atoms with van der Waals surface area (Å²) in [5, 5.41) is 14.3. The fraction of sp³-hybridized carbons (Fsp3) is 0.190. The number of anilines is 1. The van der Waals surface area contributed by atoms with Crippen molar-refractivity contribution in [3.05, 3.63) is 71.1 Å². The summed E-state index contributed by atoms with van der Waals surface area (Å²) in [6.07, 6.45) is 0. The van der Waals surface area contributed by atoms with Gasteiger partial charge in [0, 0.05) is 30.1 Å². The van der Waals surface area contributed by atoms with Crippen molar-refractivity contribution in [1.29, 1.82) is 0 Å². The van der Waals surface area contributed by atoms with Crippen molar-refractivity contribution in [2.24, 2.45) is 0 Å². The largest absolute Gasteiger partial charge is 0.480 e. The maximum Gasteiger partial charge on any atom is 0.325 e. The summed E-state index contributed by atoms with van der Waals surface area (Å²) in [5.74, 6) is -1.47. The van der Waals surface area contributed by atoms with E-state index >= 15 is 0 Å². The van der Waals surface area contributed by atoms with Crippen LogP contribution in [0.5, 0.6) is 0 Å². The minimum atomic E-state index is -1.06. The predicted octanol–water partition coefficient (Wildman–Crippen LogP) is 3.65. The number of carboxylic acid groups (broad SMARTS) is 1. The molecule has 1 unspecified atom stereocenters. The molecule has 1 heterocycles. The van der Waals surface area contributed by atoms with Gasteiger partial charge in [0.1, 0.15) is 6.04 Å². The number of carboxylic acids is 1. The van der Waals surface area contributed by atoms with Crippen molar-refractivity contribution in [3.63, 3.8) is 0 Å². The van der Waals surface area contributed by atoms with Gasteiger partial charge in [-0.2, -0.15) is 0 Å². The molecule has 0 bridgehead atoms. The fourth-order valence-corrected chi connectivity index (χ4v) is 3.43. The molecule has 28 heavy (non-hydrogen) atoms. The summed E-state index contributed by atoms with van der Waals surface area (Å²) in [6.45, 7) is 2.08. The molecule has 0 aliphatic rings. The van der Waals surface area contributed by atoms with E-state index in [2.05, 4.69) is 10.2 Å². The number of rotatable bonds is 7. The zero-order valence-electron chi connectivity index (χ0n) is 15.6. The van der Waals surface area contributed by atoms with Gasteiger partial charge in [0.25, 0.3) is 5.91 Å². The molecule has 1 aromatic heterocycles. The van der Waals surface area contributed by atoms with E-state index < -0.39 is 17.9 Å². The number of hydrogen-bond acceptors (Lipinski definition) is 5. The van der Waals surface area contributed by atoms with Crippen LogP contribution in [0.1, 0.15) is 22.8 Å². The maximum absolute atomic E-state index is 12.1. The second kappa shape index (κ2) is 8.67. The molecular formula is C21H21N3O3S. The summed E-state index contributed by atoms with van der Waals surface area (Å²) in [4.78, 5) is 29.7. The van der Waals surface area contributed by atoms with E-state index in [4.69, 9.17) is 10.1 Å². The first kappa shape index (κ1) is 19.6. The van der Waals surface area contributed by atoms with Crippen LogP contribution >= 0.6 is 11.3 Å². The molecule has 6 nitrogen and oxygen atoms in total. The number of aliphatic carboxylic acids is 1. The molecule has 0 spiro atoms. The third-order valence-corrected chi connectivity index (χ3v) is 5.20. The lowest BCUT2D eigenvalue weighted by molar-refractivity contribution is -0.138. The van der Waals surface area contributed by atoms with Crippen LogP contribution in [0.15, 0.2) is 60.0 Å². The van der Waals surface area contributed by atoms with Crippen molar-refractivity contribution in [1.82, 2.24) is 10.3 Å². The lowest BCUT2D eigenvalue weighted by Crippen LogP contribution is -2.38. The molecule has 1 amide bonds. The van der Waals surface area contributed by atoms with Crippen LogP contribution in [0, 0.1) is 0 Å². The highest BCUT2D eigenvalue weighted by atomic mass is 32.1. The SMILES string of the molecule is CC(NC(=O)c1ccc(CN(C)c2nc(-c3ccccc3)cs2)cc1)C(=O)O. The summed E-state index contributed by atoms with van der Waals surface area (Å²) >= 11 is 1.58. The monoisotopic (exact) mass is 395 g/mol. The Labute approximate surface area is 167 Å². The predicted molar refractivity (Wildman–Crippen MR) is 111 cm³/mol. The number of aromatic nitrogens is 1. The molecule has 3 aromatic rings. The van der Waals surface area contributed by atoms with E-state index in [0.717, 1.165) is 22.0 Å². The smallest absolute Gasteiger partial charge is 0.325 e. The van der Waals surface area contributed by atoms with Crippen molar-refractivity contribution in [2.45, 2.75) is 19.5 Å². The van der Waals surface area contributed by atoms with Gasteiger partial charge in [0.15, 0.2) is 5.13 Å². The Morgan fingerprint density at radius 1 is 1.14 bits per heavy atom. The quantitative estimate of drug-likeness (QED) is 0.638. The Morgan fingerprint density at radius 3 is 2.46 bits per heavy atom. The Balaban J connectivity index is 1.63. The highest BCUT2D eigenvalue weighted by Gasteiger charge is 2.15. The summed E-state index contributed by atoms with van der Waals surface area (Å²) in [7, 11) is 1.97. The molecule has 144 valence electrons. The number of carbonyl (C=O) groups is 2. The number of nitrogens with one attached hydrogen (secondary N) is 1. The lowest BCUT2D eigenvalue weighted by atomic mass is 10.1. The maximum atomic E-state index is 12.1. The molecule has 7 heteroatoms. The molecule has 2 aromatic carbocycles. The summed E-state index contributed by atoms with van der Waals surface area (Å²) in [5.41, 5.74) is 3.50. The Hall–Kier alpha value is -3.19. The molecule has 0 saturated carbocycles.